The second kappa shape index (κ2) is 8.96. The number of hydrogen-bond donors (Lipinski definition) is 0. The van der Waals surface area contributed by atoms with Crippen molar-refractivity contribution in [3.8, 4) is 0 Å². The molecule has 1 fully saturated rings. The van der Waals surface area contributed by atoms with Gasteiger partial charge in [-0.3, -0.25) is 14.5 Å². The van der Waals surface area contributed by atoms with E-state index < -0.39 is 11.7 Å². The molecule has 0 spiro atoms. The first kappa shape index (κ1) is 22.4. The maximum atomic E-state index is 13.0. The Labute approximate surface area is 187 Å². The second-order valence-corrected chi connectivity index (χ2v) is 8.21. The molecule has 0 N–H and O–H groups in total. The minimum atomic E-state index is -4.43. The highest BCUT2D eigenvalue weighted by atomic mass is 35.5. The molecule has 0 aliphatic carbocycles. The summed E-state index contributed by atoms with van der Waals surface area (Å²) in [5, 5.41) is 0.833. The van der Waals surface area contributed by atoms with Gasteiger partial charge in [0, 0.05) is 49.7 Å². The highest BCUT2D eigenvalue weighted by Crippen LogP contribution is 2.30. The number of benzene rings is 2. The van der Waals surface area contributed by atoms with Crippen molar-refractivity contribution >= 4 is 28.5 Å². The summed E-state index contributed by atoms with van der Waals surface area (Å²) in [6.07, 6.45) is -2.80. The third-order valence-electron chi connectivity index (χ3n) is 5.51. The van der Waals surface area contributed by atoms with E-state index in [-0.39, 0.29) is 24.3 Å². The Kier molecular flexibility index (Phi) is 6.26. The predicted molar refractivity (Wildman–Crippen MR) is 114 cm³/mol. The first-order valence-electron chi connectivity index (χ1n) is 10.1. The van der Waals surface area contributed by atoms with Gasteiger partial charge in [-0.25, -0.2) is 0 Å². The van der Waals surface area contributed by atoms with Crippen molar-refractivity contribution in [2.24, 2.45) is 0 Å². The lowest BCUT2D eigenvalue weighted by atomic mass is 10.1. The van der Waals surface area contributed by atoms with Gasteiger partial charge in [0.25, 0.3) is 0 Å². The second-order valence-electron chi connectivity index (χ2n) is 7.77. The Morgan fingerprint density at radius 3 is 2.59 bits per heavy atom. The summed E-state index contributed by atoms with van der Waals surface area (Å²) in [6, 6.07) is 9.85. The summed E-state index contributed by atoms with van der Waals surface area (Å²) in [6.45, 7) is 1.67. The van der Waals surface area contributed by atoms with Gasteiger partial charge < -0.3 is 9.32 Å². The molecule has 4 rings (SSSR count). The summed E-state index contributed by atoms with van der Waals surface area (Å²) >= 11 is 5.99. The van der Waals surface area contributed by atoms with Crippen LogP contribution in [0.3, 0.4) is 0 Å². The van der Waals surface area contributed by atoms with E-state index >= 15 is 0 Å². The van der Waals surface area contributed by atoms with Gasteiger partial charge >= 0.3 is 6.18 Å². The van der Waals surface area contributed by atoms with Gasteiger partial charge in [-0.15, -0.1) is 0 Å². The number of halogens is 4. The van der Waals surface area contributed by atoms with Crippen molar-refractivity contribution < 1.29 is 22.4 Å². The lowest BCUT2D eigenvalue weighted by Gasteiger charge is -2.22. The number of rotatable bonds is 4. The van der Waals surface area contributed by atoms with Crippen LogP contribution >= 0.6 is 11.6 Å². The smallest absolute Gasteiger partial charge is 0.416 e. The minimum Gasteiger partial charge on any atom is -0.464 e. The normalized spacial score (nSPS) is 15.9. The third-order valence-corrected chi connectivity index (χ3v) is 5.74. The number of carbonyl (C=O) groups excluding carboxylic acids is 1. The molecule has 1 amide bonds. The number of carbonyl (C=O) groups is 1. The van der Waals surface area contributed by atoms with Crippen LogP contribution in [0.25, 0.3) is 11.0 Å². The average Bonchev–Trinajstić information content (AvgIpc) is 2.92. The monoisotopic (exact) mass is 464 g/mol. The van der Waals surface area contributed by atoms with Crippen molar-refractivity contribution in [1.29, 1.82) is 0 Å². The van der Waals surface area contributed by atoms with Gasteiger partial charge in [-0.1, -0.05) is 23.7 Å². The lowest BCUT2D eigenvalue weighted by Crippen LogP contribution is -2.33. The molecular weight excluding hydrogens is 445 g/mol. The fourth-order valence-electron chi connectivity index (χ4n) is 3.80. The SMILES string of the molecule is O=C1CCN(Cc2coc3ccc(Cl)cc3c2=O)CCN1Cc1cccc(C(F)(F)F)c1. The van der Waals surface area contributed by atoms with Crippen LogP contribution in [0, 0.1) is 0 Å². The van der Waals surface area contributed by atoms with E-state index in [9.17, 15) is 22.8 Å². The summed E-state index contributed by atoms with van der Waals surface area (Å²) in [7, 11) is 0. The van der Waals surface area contributed by atoms with E-state index in [1.54, 1.807) is 29.2 Å². The molecule has 168 valence electrons. The molecule has 0 radical (unpaired) electrons. The molecule has 1 aliphatic rings. The molecule has 32 heavy (non-hydrogen) atoms. The number of nitrogens with zero attached hydrogens (tertiary/aromatic N) is 2. The Morgan fingerprint density at radius 2 is 1.81 bits per heavy atom. The Hall–Kier alpha value is -2.84. The molecule has 1 aliphatic heterocycles. The topological polar surface area (TPSA) is 53.8 Å². The molecule has 0 atom stereocenters. The molecule has 0 unspecified atom stereocenters. The zero-order valence-electron chi connectivity index (χ0n) is 17.0. The Balaban J connectivity index is 1.46. The summed E-state index contributed by atoms with van der Waals surface area (Å²) in [4.78, 5) is 28.9. The zero-order valence-corrected chi connectivity index (χ0v) is 17.7. The van der Waals surface area contributed by atoms with E-state index in [2.05, 4.69) is 0 Å². The maximum absolute atomic E-state index is 13.0. The molecule has 9 heteroatoms. The molecule has 1 aromatic heterocycles. The van der Waals surface area contributed by atoms with Crippen molar-refractivity contribution in [3.05, 3.63) is 80.7 Å². The minimum absolute atomic E-state index is 0.104. The molecule has 0 bridgehead atoms. The average molecular weight is 465 g/mol. The Morgan fingerprint density at radius 1 is 1.00 bits per heavy atom. The summed E-state index contributed by atoms with van der Waals surface area (Å²) in [5.74, 6) is -0.137. The van der Waals surface area contributed by atoms with Crippen LogP contribution in [-0.4, -0.2) is 35.3 Å². The van der Waals surface area contributed by atoms with Crippen LogP contribution < -0.4 is 5.43 Å². The lowest BCUT2D eigenvalue weighted by molar-refractivity contribution is -0.137. The van der Waals surface area contributed by atoms with Crippen molar-refractivity contribution in [3.63, 3.8) is 0 Å². The highest BCUT2D eigenvalue weighted by molar-refractivity contribution is 6.31. The van der Waals surface area contributed by atoms with E-state index in [1.165, 1.54) is 12.3 Å². The zero-order chi connectivity index (χ0) is 22.9. The number of hydrogen-bond acceptors (Lipinski definition) is 4. The number of amides is 1. The van der Waals surface area contributed by atoms with Gasteiger partial charge in [-0.2, -0.15) is 13.2 Å². The number of alkyl halides is 3. The van der Waals surface area contributed by atoms with Gasteiger partial charge in [0.05, 0.1) is 17.2 Å². The number of fused-ring (bicyclic) bond motifs is 1. The highest BCUT2D eigenvalue weighted by Gasteiger charge is 2.30. The van der Waals surface area contributed by atoms with Crippen molar-refractivity contribution in [1.82, 2.24) is 9.80 Å². The molecule has 2 heterocycles. The molecule has 5 nitrogen and oxygen atoms in total. The third kappa shape index (κ3) is 4.97. The van der Waals surface area contributed by atoms with Crippen LogP contribution in [-0.2, 0) is 24.1 Å². The molecule has 0 saturated carbocycles. The fraction of sp³-hybridized carbons (Fsp3) is 0.304. The predicted octanol–water partition coefficient (Wildman–Crippen LogP) is 4.70. The van der Waals surface area contributed by atoms with Crippen LogP contribution in [0.1, 0.15) is 23.1 Å². The first-order valence-corrected chi connectivity index (χ1v) is 10.4. The van der Waals surface area contributed by atoms with E-state index in [0.29, 0.717) is 53.3 Å². The standard InChI is InChI=1S/C23H20ClF3N2O3/c24-18-4-5-20-19(11-18)22(31)16(14-32-20)13-28-7-6-21(30)29(9-8-28)12-15-2-1-3-17(10-15)23(25,26)27/h1-5,10-11,14H,6-9,12-13H2. The van der Waals surface area contributed by atoms with Crippen LogP contribution in [0.4, 0.5) is 13.2 Å². The first-order chi connectivity index (χ1) is 15.2. The molecule has 1 saturated heterocycles. The fourth-order valence-corrected chi connectivity index (χ4v) is 3.97. The van der Waals surface area contributed by atoms with Gasteiger partial charge in [-0.05, 0) is 35.9 Å². The van der Waals surface area contributed by atoms with Crippen molar-refractivity contribution in [2.75, 3.05) is 19.6 Å². The Bertz CT molecular complexity index is 1210. The van der Waals surface area contributed by atoms with Crippen molar-refractivity contribution in [2.45, 2.75) is 25.7 Å². The van der Waals surface area contributed by atoms with Crippen LogP contribution in [0.5, 0.6) is 0 Å². The maximum Gasteiger partial charge on any atom is 0.416 e. The molecular formula is C23H20ClF3N2O3. The molecule has 3 aromatic rings. The van der Waals surface area contributed by atoms with Crippen LogP contribution in [0.2, 0.25) is 5.02 Å². The van der Waals surface area contributed by atoms with E-state index in [4.69, 9.17) is 16.0 Å². The van der Waals surface area contributed by atoms with E-state index in [1.807, 2.05) is 4.90 Å². The van der Waals surface area contributed by atoms with Gasteiger partial charge in [0.2, 0.25) is 5.91 Å². The summed E-state index contributed by atoms with van der Waals surface area (Å²) < 4.78 is 44.5. The summed E-state index contributed by atoms with van der Waals surface area (Å²) in [5.41, 5.74) is 0.417. The molecule has 2 aromatic carbocycles. The largest absolute Gasteiger partial charge is 0.464 e. The van der Waals surface area contributed by atoms with Gasteiger partial charge in [0.15, 0.2) is 5.43 Å². The van der Waals surface area contributed by atoms with Gasteiger partial charge in [0.1, 0.15) is 5.58 Å². The quantitative estimate of drug-likeness (QED) is 0.561. The van der Waals surface area contributed by atoms with Crippen LogP contribution in [0.15, 0.2) is 57.9 Å². The van der Waals surface area contributed by atoms with E-state index in [0.717, 1.165) is 12.1 Å².